The Hall–Kier alpha value is -2.69. The van der Waals surface area contributed by atoms with E-state index in [-0.39, 0.29) is 5.69 Å². The average Bonchev–Trinajstić information content (AvgIpc) is 2.71. The van der Waals surface area contributed by atoms with Gasteiger partial charge >= 0.3 is 0 Å². The average molecular weight is 239 g/mol. The molecule has 2 N–H and O–H groups in total. The molecule has 0 heterocycles. The third kappa shape index (κ3) is 1.31. The smallest absolute Gasteiger partial charge is 0.270 e. The van der Waals surface area contributed by atoms with E-state index in [1.807, 2.05) is 24.3 Å². The lowest BCUT2D eigenvalue weighted by molar-refractivity contribution is -0.384. The fourth-order valence-electron chi connectivity index (χ4n) is 2.29. The van der Waals surface area contributed by atoms with Crippen molar-refractivity contribution in [3.05, 3.63) is 63.7 Å². The zero-order valence-electron chi connectivity index (χ0n) is 9.33. The van der Waals surface area contributed by atoms with Gasteiger partial charge in [-0.25, -0.2) is 0 Å². The van der Waals surface area contributed by atoms with Crippen molar-refractivity contribution >= 4 is 11.4 Å². The van der Waals surface area contributed by atoms with Crippen molar-refractivity contribution < 1.29 is 4.92 Å². The Labute approximate surface area is 103 Å². The van der Waals surface area contributed by atoms with Crippen molar-refractivity contribution in [2.24, 2.45) is 10.9 Å². The molecule has 88 valence electrons. The molecule has 2 aromatic rings. The number of nitrogens with two attached hydrogens (primary N) is 1. The predicted octanol–water partition coefficient (Wildman–Crippen LogP) is 2.29. The van der Waals surface area contributed by atoms with Crippen molar-refractivity contribution in [3.8, 4) is 11.1 Å². The normalized spacial score (nSPS) is 14.3. The van der Waals surface area contributed by atoms with Gasteiger partial charge < -0.3 is 5.84 Å². The largest absolute Gasteiger partial charge is 0.323 e. The Kier molecular flexibility index (Phi) is 2.13. The van der Waals surface area contributed by atoms with Gasteiger partial charge in [-0.15, -0.1) is 0 Å². The second-order valence-corrected chi connectivity index (χ2v) is 4.01. The minimum atomic E-state index is -0.419. The molecule has 3 rings (SSSR count). The number of hydrogen-bond acceptors (Lipinski definition) is 4. The molecule has 1 aliphatic rings. The summed E-state index contributed by atoms with van der Waals surface area (Å²) in [6, 6.07) is 12.4. The molecule has 0 aromatic heterocycles. The lowest BCUT2D eigenvalue weighted by atomic mass is 10.1. The molecular weight excluding hydrogens is 230 g/mol. The van der Waals surface area contributed by atoms with Crippen molar-refractivity contribution in [1.29, 1.82) is 0 Å². The van der Waals surface area contributed by atoms with Crippen LogP contribution in [-0.4, -0.2) is 10.6 Å². The van der Waals surface area contributed by atoms with Crippen LogP contribution >= 0.6 is 0 Å². The van der Waals surface area contributed by atoms with Gasteiger partial charge in [0, 0.05) is 23.3 Å². The van der Waals surface area contributed by atoms with Gasteiger partial charge in [0.05, 0.1) is 10.6 Å². The summed E-state index contributed by atoms with van der Waals surface area (Å²) in [6.45, 7) is 0. The molecule has 0 atom stereocenters. The Morgan fingerprint density at radius 3 is 2.33 bits per heavy atom. The molecule has 0 unspecified atom stereocenters. The van der Waals surface area contributed by atoms with Crippen LogP contribution in [0, 0.1) is 10.1 Å². The van der Waals surface area contributed by atoms with E-state index in [2.05, 4.69) is 5.10 Å². The van der Waals surface area contributed by atoms with Gasteiger partial charge in [0.1, 0.15) is 0 Å². The van der Waals surface area contributed by atoms with Gasteiger partial charge in [0.15, 0.2) is 0 Å². The lowest BCUT2D eigenvalue weighted by Crippen LogP contribution is -2.02. The maximum atomic E-state index is 10.8. The van der Waals surface area contributed by atoms with E-state index in [4.69, 9.17) is 5.84 Å². The summed E-state index contributed by atoms with van der Waals surface area (Å²) < 4.78 is 0. The highest BCUT2D eigenvalue weighted by molar-refractivity contribution is 6.24. The first kappa shape index (κ1) is 10.5. The molecule has 0 saturated carbocycles. The summed E-state index contributed by atoms with van der Waals surface area (Å²) in [5, 5.41) is 14.6. The van der Waals surface area contributed by atoms with Crippen molar-refractivity contribution in [2.45, 2.75) is 0 Å². The van der Waals surface area contributed by atoms with Crippen molar-refractivity contribution in [1.82, 2.24) is 0 Å². The molecule has 2 aromatic carbocycles. The number of benzene rings is 2. The van der Waals surface area contributed by atoms with Crippen LogP contribution < -0.4 is 5.84 Å². The summed E-state index contributed by atoms with van der Waals surface area (Å²) in [5.41, 5.74) is 4.21. The molecule has 0 fully saturated rings. The summed E-state index contributed by atoms with van der Waals surface area (Å²) >= 11 is 0. The first-order chi connectivity index (χ1) is 8.72. The number of hydrazone groups is 1. The molecule has 5 heteroatoms. The van der Waals surface area contributed by atoms with Gasteiger partial charge in [-0.2, -0.15) is 5.10 Å². The Bertz CT molecular complexity index is 692. The molecule has 0 spiro atoms. The maximum Gasteiger partial charge on any atom is 0.270 e. The SMILES string of the molecule is N/N=C1\c2ccccc2-c2ccc([N+](=O)[O-])cc21. The van der Waals surface area contributed by atoms with Crippen LogP contribution in [0.25, 0.3) is 11.1 Å². The fourth-order valence-corrected chi connectivity index (χ4v) is 2.29. The van der Waals surface area contributed by atoms with Crippen LogP contribution in [0.5, 0.6) is 0 Å². The van der Waals surface area contributed by atoms with Crippen LogP contribution in [0.15, 0.2) is 47.6 Å². The van der Waals surface area contributed by atoms with Gasteiger partial charge in [0.25, 0.3) is 5.69 Å². The van der Waals surface area contributed by atoms with Crippen LogP contribution in [0.4, 0.5) is 5.69 Å². The Balaban J connectivity index is 2.31. The lowest BCUT2D eigenvalue weighted by Gasteiger charge is -1.99. The number of fused-ring (bicyclic) bond motifs is 3. The van der Waals surface area contributed by atoms with Crippen LogP contribution in [-0.2, 0) is 0 Å². The first-order valence-corrected chi connectivity index (χ1v) is 5.39. The van der Waals surface area contributed by atoms with E-state index in [1.54, 1.807) is 6.07 Å². The quantitative estimate of drug-likeness (QED) is 0.402. The highest BCUT2D eigenvalue weighted by atomic mass is 16.6. The topological polar surface area (TPSA) is 81.5 Å². The number of nitro groups is 1. The number of non-ortho nitro benzene ring substituents is 1. The third-order valence-corrected chi connectivity index (χ3v) is 3.07. The zero-order chi connectivity index (χ0) is 12.7. The highest BCUT2D eigenvalue weighted by Crippen LogP contribution is 2.38. The summed E-state index contributed by atoms with van der Waals surface area (Å²) in [5.74, 6) is 5.41. The molecule has 0 amide bonds. The molecule has 18 heavy (non-hydrogen) atoms. The molecule has 0 radical (unpaired) electrons. The minimum absolute atomic E-state index is 0.0442. The monoisotopic (exact) mass is 239 g/mol. The maximum absolute atomic E-state index is 10.8. The third-order valence-electron chi connectivity index (χ3n) is 3.07. The second-order valence-electron chi connectivity index (χ2n) is 4.01. The fraction of sp³-hybridized carbons (Fsp3) is 0. The Morgan fingerprint density at radius 1 is 1.00 bits per heavy atom. The van der Waals surface area contributed by atoms with Gasteiger partial charge in [-0.3, -0.25) is 10.1 Å². The summed E-state index contributed by atoms with van der Waals surface area (Å²) in [4.78, 5) is 10.4. The predicted molar refractivity (Wildman–Crippen MR) is 68.4 cm³/mol. The van der Waals surface area contributed by atoms with E-state index >= 15 is 0 Å². The molecule has 0 bridgehead atoms. The van der Waals surface area contributed by atoms with Gasteiger partial charge in [-0.05, 0) is 17.2 Å². The van der Waals surface area contributed by atoms with Crippen LogP contribution in [0.1, 0.15) is 11.1 Å². The summed E-state index contributed by atoms with van der Waals surface area (Å²) in [7, 11) is 0. The number of hydrogen-bond donors (Lipinski definition) is 1. The molecular formula is C13H9N3O2. The molecule has 1 aliphatic carbocycles. The highest BCUT2D eigenvalue weighted by Gasteiger charge is 2.26. The first-order valence-electron chi connectivity index (χ1n) is 5.39. The zero-order valence-corrected chi connectivity index (χ0v) is 9.33. The van der Waals surface area contributed by atoms with Gasteiger partial charge in [0.2, 0.25) is 0 Å². The minimum Gasteiger partial charge on any atom is -0.323 e. The number of nitrogens with zero attached hydrogens (tertiary/aromatic N) is 2. The molecule has 0 saturated heterocycles. The molecule has 0 aliphatic heterocycles. The molecule has 5 nitrogen and oxygen atoms in total. The van der Waals surface area contributed by atoms with Crippen molar-refractivity contribution in [3.63, 3.8) is 0 Å². The van der Waals surface area contributed by atoms with E-state index < -0.39 is 4.92 Å². The van der Waals surface area contributed by atoms with Crippen LogP contribution in [0.3, 0.4) is 0 Å². The van der Waals surface area contributed by atoms with E-state index in [0.29, 0.717) is 11.3 Å². The van der Waals surface area contributed by atoms with E-state index in [0.717, 1.165) is 16.7 Å². The van der Waals surface area contributed by atoms with E-state index in [1.165, 1.54) is 12.1 Å². The number of rotatable bonds is 1. The van der Waals surface area contributed by atoms with E-state index in [9.17, 15) is 10.1 Å². The van der Waals surface area contributed by atoms with Crippen LogP contribution in [0.2, 0.25) is 0 Å². The van der Waals surface area contributed by atoms with Crippen molar-refractivity contribution in [2.75, 3.05) is 0 Å². The summed E-state index contributed by atoms with van der Waals surface area (Å²) in [6.07, 6.45) is 0. The van der Waals surface area contributed by atoms with Gasteiger partial charge in [-0.1, -0.05) is 24.3 Å². The standard InChI is InChI=1S/C13H9N3O2/c14-15-13-11-4-2-1-3-9(11)10-6-5-8(16(17)18)7-12(10)13/h1-7H,14H2/b15-13+. The second kappa shape index (κ2) is 3.66. The Morgan fingerprint density at radius 2 is 1.67 bits per heavy atom. The number of nitro benzene ring substituents is 1.